The van der Waals surface area contributed by atoms with Gasteiger partial charge in [-0.1, -0.05) is 23.8 Å². The van der Waals surface area contributed by atoms with Crippen LogP contribution in [0.2, 0.25) is 0 Å². The number of anilines is 1. The molecule has 21 heavy (non-hydrogen) atoms. The minimum absolute atomic E-state index is 0.0540. The minimum Gasteiger partial charge on any atom is -0.396 e. The first kappa shape index (κ1) is 13.3. The van der Waals surface area contributed by atoms with Gasteiger partial charge in [-0.25, -0.2) is 13.5 Å². The lowest BCUT2D eigenvalue weighted by Crippen LogP contribution is -1.96. The summed E-state index contributed by atoms with van der Waals surface area (Å²) < 4.78 is 28.7. The quantitative estimate of drug-likeness (QED) is 0.780. The second-order valence-corrected chi connectivity index (χ2v) is 4.81. The molecule has 3 aromatic rings. The van der Waals surface area contributed by atoms with Crippen LogP contribution < -0.4 is 5.73 Å². The molecule has 2 aromatic carbocycles. The van der Waals surface area contributed by atoms with Gasteiger partial charge in [-0.05, 0) is 31.2 Å². The predicted molar refractivity (Wildman–Crippen MR) is 78.1 cm³/mol. The lowest BCUT2D eigenvalue weighted by atomic mass is 10.1. The van der Waals surface area contributed by atoms with E-state index in [-0.39, 0.29) is 11.3 Å². The Bertz CT molecular complexity index is 792. The van der Waals surface area contributed by atoms with Gasteiger partial charge in [0.05, 0.1) is 17.6 Å². The largest absolute Gasteiger partial charge is 0.396 e. The van der Waals surface area contributed by atoms with Gasteiger partial charge < -0.3 is 5.73 Å². The summed E-state index contributed by atoms with van der Waals surface area (Å²) in [7, 11) is 0. The molecule has 0 amide bonds. The maximum absolute atomic E-state index is 13.9. The van der Waals surface area contributed by atoms with Gasteiger partial charge in [0, 0.05) is 5.56 Å². The lowest BCUT2D eigenvalue weighted by Gasteiger charge is -2.02. The molecule has 0 aliphatic carbocycles. The summed E-state index contributed by atoms with van der Waals surface area (Å²) in [4.78, 5) is 0. The molecule has 2 N–H and O–H groups in total. The first-order valence-electron chi connectivity index (χ1n) is 6.43. The minimum atomic E-state index is -0.946. The molecule has 3 rings (SSSR count). The van der Waals surface area contributed by atoms with Crippen LogP contribution in [0.25, 0.3) is 16.9 Å². The Balaban J connectivity index is 2.10. The predicted octanol–water partition coefficient (Wildman–Crippen LogP) is 3.71. The van der Waals surface area contributed by atoms with Gasteiger partial charge in [-0.2, -0.15) is 5.10 Å². The highest BCUT2D eigenvalue weighted by Crippen LogP contribution is 2.28. The third-order valence-electron chi connectivity index (χ3n) is 3.25. The molecule has 0 bridgehead atoms. The van der Waals surface area contributed by atoms with Gasteiger partial charge in [-0.15, -0.1) is 0 Å². The normalized spacial score (nSPS) is 10.8. The fourth-order valence-corrected chi connectivity index (χ4v) is 2.11. The van der Waals surface area contributed by atoms with Gasteiger partial charge in [0.1, 0.15) is 5.69 Å². The first-order chi connectivity index (χ1) is 10.1. The van der Waals surface area contributed by atoms with Gasteiger partial charge in [0.2, 0.25) is 0 Å². The van der Waals surface area contributed by atoms with Crippen LogP contribution in [0.15, 0.2) is 48.7 Å². The number of hydrogen-bond donors (Lipinski definition) is 1. The van der Waals surface area contributed by atoms with E-state index in [1.807, 2.05) is 31.2 Å². The summed E-state index contributed by atoms with van der Waals surface area (Å²) in [5.41, 5.74) is 8.38. The molecule has 5 heteroatoms. The van der Waals surface area contributed by atoms with Crippen molar-refractivity contribution in [2.45, 2.75) is 6.92 Å². The van der Waals surface area contributed by atoms with E-state index < -0.39 is 11.6 Å². The number of nitrogen functional groups attached to an aromatic ring is 1. The molecular formula is C16H13F2N3. The molecule has 0 aliphatic rings. The van der Waals surface area contributed by atoms with E-state index >= 15 is 0 Å². The molecule has 1 aromatic heterocycles. The Morgan fingerprint density at radius 2 is 1.76 bits per heavy atom. The van der Waals surface area contributed by atoms with E-state index in [1.54, 1.807) is 10.9 Å². The summed E-state index contributed by atoms with van der Waals surface area (Å²) in [6, 6.07) is 11.6. The van der Waals surface area contributed by atoms with Crippen LogP contribution >= 0.6 is 0 Å². The van der Waals surface area contributed by atoms with E-state index in [1.165, 1.54) is 12.1 Å². The van der Waals surface area contributed by atoms with Crippen molar-refractivity contribution in [3.8, 4) is 16.9 Å². The second kappa shape index (κ2) is 5.01. The van der Waals surface area contributed by atoms with Crippen molar-refractivity contribution in [3.63, 3.8) is 0 Å². The molecule has 0 spiro atoms. The number of aryl methyl sites for hydroxylation is 1. The number of nitrogens with zero attached hydrogens (tertiary/aromatic N) is 2. The maximum Gasteiger partial charge on any atom is 0.168 e. The van der Waals surface area contributed by atoms with Crippen LogP contribution in [0.1, 0.15) is 5.56 Å². The van der Waals surface area contributed by atoms with E-state index in [0.29, 0.717) is 5.69 Å². The Kier molecular flexibility index (Phi) is 3.17. The fraction of sp³-hybridized carbons (Fsp3) is 0.0625. The highest BCUT2D eigenvalue weighted by molar-refractivity contribution is 5.73. The Labute approximate surface area is 120 Å². The van der Waals surface area contributed by atoms with Crippen LogP contribution in [-0.4, -0.2) is 9.78 Å². The Morgan fingerprint density at radius 1 is 1.05 bits per heavy atom. The summed E-state index contributed by atoms with van der Waals surface area (Å²) >= 11 is 0. The topological polar surface area (TPSA) is 43.8 Å². The van der Waals surface area contributed by atoms with Crippen LogP contribution in [0.4, 0.5) is 14.5 Å². The van der Waals surface area contributed by atoms with Crippen molar-refractivity contribution in [2.75, 3.05) is 5.73 Å². The summed E-state index contributed by atoms with van der Waals surface area (Å²) in [6.07, 6.45) is 1.59. The maximum atomic E-state index is 13.9. The smallest absolute Gasteiger partial charge is 0.168 e. The van der Waals surface area contributed by atoms with Gasteiger partial charge >= 0.3 is 0 Å². The van der Waals surface area contributed by atoms with Crippen molar-refractivity contribution in [2.24, 2.45) is 0 Å². The van der Waals surface area contributed by atoms with Gasteiger partial charge in [0.15, 0.2) is 11.6 Å². The zero-order chi connectivity index (χ0) is 15.0. The number of benzene rings is 2. The van der Waals surface area contributed by atoms with Crippen molar-refractivity contribution in [1.29, 1.82) is 0 Å². The molecule has 3 nitrogen and oxygen atoms in total. The first-order valence-corrected chi connectivity index (χ1v) is 6.43. The van der Waals surface area contributed by atoms with E-state index in [4.69, 9.17) is 5.73 Å². The second-order valence-electron chi connectivity index (χ2n) is 4.81. The molecular weight excluding hydrogens is 272 g/mol. The van der Waals surface area contributed by atoms with Gasteiger partial charge in [-0.3, -0.25) is 0 Å². The number of aromatic nitrogens is 2. The summed E-state index contributed by atoms with van der Waals surface area (Å²) in [5.74, 6) is -1.87. The summed E-state index contributed by atoms with van der Waals surface area (Å²) in [6.45, 7) is 1.98. The molecule has 0 aliphatic heterocycles. The Morgan fingerprint density at radius 3 is 2.48 bits per heavy atom. The average Bonchev–Trinajstić information content (AvgIpc) is 2.84. The highest BCUT2D eigenvalue weighted by Gasteiger charge is 2.16. The molecule has 0 unspecified atom stereocenters. The SMILES string of the molecule is Cc1ccc(-n2cc(N)c(-c3cccc(F)c3F)n2)cc1. The number of hydrogen-bond acceptors (Lipinski definition) is 2. The van der Waals surface area contributed by atoms with Crippen LogP contribution in [0.5, 0.6) is 0 Å². The molecule has 0 saturated carbocycles. The zero-order valence-corrected chi connectivity index (χ0v) is 11.3. The van der Waals surface area contributed by atoms with Crippen LogP contribution in [0, 0.1) is 18.6 Å². The summed E-state index contributed by atoms with van der Waals surface area (Å²) in [5, 5.41) is 4.27. The molecule has 106 valence electrons. The van der Waals surface area contributed by atoms with E-state index in [0.717, 1.165) is 17.3 Å². The third kappa shape index (κ3) is 2.38. The number of rotatable bonds is 2. The van der Waals surface area contributed by atoms with Crippen LogP contribution in [-0.2, 0) is 0 Å². The van der Waals surface area contributed by atoms with Crippen molar-refractivity contribution in [3.05, 3.63) is 65.9 Å². The third-order valence-corrected chi connectivity index (χ3v) is 3.25. The monoisotopic (exact) mass is 285 g/mol. The molecule has 1 heterocycles. The van der Waals surface area contributed by atoms with Crippen molar-refractivity contribution in [1.82, 2.24) is 9.78 Å². The van der Waals surface area contributed by atoms with E-state index in [9.17, 15) is 8.78 Å². The molecule has 0 saturated heterocycles. The standard InChI is InChI=1S/C16H13F2N3/c1-10-5-7-11(8-6-10)21-9-14(19)16(20-21)12-3-2-4-13(17)15(12)18/h2-9H,19H2,1H3. The zero-order valence-electron chi connectivity index (χ0n) is 11.3. The lowest BCUT2D eigenvalue weighted by molar-refractivity contribution is 0.511. The average molecular weight is 285 g/mol. The highest BCUT2D eigenvalue weighted by atomic mass is 19.2. The molecule has 0 fully saturated rings. The van der Waals surface area contributed by atoms with E-state index in [2.05, 4.69) is 5.10 Å². The molecule has 0 atom stereocenters. The molecule has 0 radical (unpaired) electrons. The Hall–Kier alpha value is -2.69. The van der Waals surface area contributed by atoms with Crippen molar-refractivity contribution < 1.29 is 8.78 Å². The number of halogens is 2. The van der Waals surface area contributed by atoms with Gasteiger partial charge in [0.25, 0.3) is 0 Å². The van der Waals surface area contributed by atoms with Crippen molar-refractivity contribution >= 4 is 5.69 Å². The fourth-order valence-electron chi connectivity index (χ4n) is 2.11. The van der Waals surface area contributed by atoms with Crippen LogP contribution in [0.3, 0.4) is 0 Å². The number of nitrogens with two attached hydrogens (primary N) is 1.